The Hall–Kier alpha value is -7.95. The van der Waals surface area contributed by atoms with Crippen LogP contribution in [0, 0.1) is 0 Å². The van der Waals surface area contributed by atoms with E-state index in [1.165, 1.54) is 11.1 Å². The van der Waals surface area contributed by atoms with E-state index in [1.54, 1.807) is 0 Å². The van der Waals surface area contributed by atoms with Gasteiger partial charge in [0.15, 0.2) is 17.5 Å². The van der Waals surface area contributed by atoms with Gasteiger partial charge < -0.3 is 4.42 Å². The lowest BCUT2D eigenvalue weighted by atomic mass is 9.95. The minimum Gasteiger partial charge on any atom is -0.456 e. The molecule has 11 rings (SSSR count). The first-order valence-electron chi connectivity index (χ1n) is 19.8. The van der Waals surface area contributed by atoms with Crippen molar-refractivity contribution in [1.29, 1.82) is 0 Å². The van der Waals surface area contributed by atoms with Crippen molar-refractivity contribution < 1.29 is 4.42 Å². The second-order valence-corrected chi connectivity index (χ2v) is 14.8. The van der Waals surface area contributed by atoms with Gasteiger partial charge in [-0.2, -0.15) is 0 Å². The molecule has 0 aliphatic rings. The zero-order valence-electron chi connectivity index (χ0n) is 32.0. The van der Waals surface area contributed by atoms with Crippen LogP contribution in [0.4, 0.5) is 0 Å². The molecule has 2 aromatic heterocycles. The zero-order chi connectivity index (χ0) is 39.1. The summed E-state index contributed by atoms with van der Waals surface area (Å²) < 4.78 is 6.61. The highest BCUT2D eigenvalue weighted by atomic mass is 16.3. The second kappa shape index (κ2) is 14.5. The van der Waals surface area contributed by atoms with Gasteiger partial charge in [0.05, 0.1) is 0 Å². The van der Waals surface area contributed by atoms with Crippen LogP contribution in [0.15, 0.2) is 217 Å². The second-order valence-electron chi connectivity index (χ2n) is 14.8. The smallest absolute Gasteiger partial charge is 0.164 e. The predicted octanol–water partition coefficient (Wildman–Crippen LogP) is 14.6. The van der Waals surface area contributed by atoms with Crippen molar-refractivity contribution in [2.24, 2.45) is 0 Å². The highest BCUT2D eigenvalue weighted by Gasteiger charge is 2.19. The first-order chi connectivity index (χ1) is 29.2. The van der Waals surface area contributed by atoms with Gasteiger partial charge in [-0.15, -0.1) is 0 Å². The van der Waals surface area contributed by atoms with E-state index in [1.807, 2.05) is 24.3 Å². The van der Waals surface area contributed by atoms with Gasteiger partial charge in [-0.25, -0.2) is 15.0 Å². The molecular weight excluding hydrogens is 719 g/mol. The van der Waals surface area contributed by atoms with Crippen molar-refractivity contribution in [3.63, 3.8) is 0 Å². The molecule has 0 saturated heterocycles. The Bertz CT molecular complexity index is 3300. The molecule has 0 amide bonds. The molecule has 0 unspecified atom stereocenters. The lowest BCUT2D eigenvalue weighted by Gasteiger charge is -2.13. The van der Waals surface area contributed by atoms with Crippen LogP contribution in [0.25, 0.3) is 111 Å². The lowest BCUT2D eigenvalue weighted by Crippen LogP contribution is -2.01. The third-order valence-electron chi connectivity index (χ3n) is 11.2. The zero-order valence-corrected chi connectivity index (χ0v) is 32.0. The normalized spacial score (nSPS) is 11.4. The Labute approximate surface area is 341 Å². The number of nitrogens with zero attached hydrogens (tertiary/aromatic N) is 3. The fraction of sp³-hybridized carbons (Fsp3) is 0. The summed E-state index contributed by atoms with van der Waals surface area (Å²) in [6.07, 6.45) is 0. The lowest BCUT2D eigenvalue weighted by molar-refractivity contribution is 0.669. The summed E-state index contributed by atoms with van der Waals surface area (Å²) in [5.41, 5.74) is 13.5. The number of benzene rings is 9. The molecule has 0 atom stereocenters. The Morgan fingerprint density at radius 3 is 1.42 bits per heavy atom. The quantitative estimate of drug-likeness (QED) is 0.163. The molecule has 11 aromatic rings. The molecule has 0 radical (unpaired) electrons. The average Bonchev–Trinajstić information content (AvgIpc) is 3.70. The maximum atomic E-state index is 6.61. The molecule has 0 spiro atoms. The van der Waals surface area contributed by atoms with Crippen molar-refractivity contribution in [2.45, 2.75) is 0 Å². The summed E-state index contributed by atoms with van der Waals surface area (Å²) >= 11 is 0. The molecule has 2 heterocycles. The van der Waals surface area contributed by atoms with Gasteiger partial charge in [-0.1, -0.05) is 188 Å². The number of fused-ring (bicyclic) bond motifs is 4. The van der Waals surface area contributed by atoms with Crippen molar-refractivity contribution in [1.82, 2.24) is 15.0 Å². The van der Waals surface area contributed by atoms with Gasteiger partial charge in [0.2, 0.25) is 0 Å². The van der Waals surface area contributed by atoms with E-state index in [9.17, 15) is 0 Å². The fourth-order valence-electron chi connectivity index (χ4n) is 8.28. The highest BCUT2D eigenvalue weighted by molar-refractivity contribution is 6.13. The molecule has 9 aromatic carbocycles. The number of furan rings is 1. The van der Waals surface area contributed by atoms with Crippen molar-refractivity contribution >= 4 is 32.7 Å². The molecular formula is C55H35N3O. The summed E-state index contributed by atoms with van der Waals surface area (Å²) in [7, 11) is 0. The standard InChI is InChI=1S/C55H35N3O/c1-4-14-36(15-5-1)38-28-30-40(31-29-38)45-23-13-27-50-52(45)49-33-32-43(35-51(49)59-50)54-56-53(42-21-10-20-41(34-42)37-16-6-2-7-17-37)57-55(58-54)48-26-12-24-46-44(22-11-25-47(46)48)39-18-8-3-9-19-39/h1-35H. The molecule has 276 valence electrons. The molecule has 0 aliphatic carbocycles. The van der Waals surface area contributed by atoms with E-state index in [4.69, 9.17) is 19.4 Å². The van der Waals surface area contributed by atoms with Crippen LogP contribution in [-0.4, -0.2) is 15.0 Å². The van der Waals surface area contributed by atoms with Crippen LogP contribution in [0.5, 0.6) is 0 Å². The van der Waals surface area contributed by atoms with Gasteiger partial charge in [0.25, 0.3) is 0 Å². The Balaban J connectivity index is 1.06. The molecule has 4 heteroatoms. The van der Waals surface area contributed by atoms with Crippen LogP contribution in [0.2, 0.25) is 0 Å². The number of hydrogen-bond acceptors (Lipinski definition) is 4. The topological polar surface area (TPSA) is 51.8 Å². The summed E-state index contributed by atoms with van der Waals surface area (Å²) in [6.45, 7) is 0. The first-order valence-corrected chi connectivity index (χ1v) is 19.8. The van der Waals surface area contributed by atoms with Crippen LogP contribution in [-0.2, 0) is 0 Å². The predicted molar refractivity (Wildman–Crippen MR) is 243 cm³/mol. The Morgan fingerprint density at radius 1 is 0.254 bits per heavy atom. The highest BCUT2D eigenvalue weighted by Crippen LogP contribution is 2.40. The summed E-state index contributed by atoms with van der Waals surface area (Å²) in [4.78, 5) is 15.6. The summed E-state index contributed by atoms with van der Waals surface area (Å²) in [5.74, 6) is 1.78. The monoisotopic (exact) mass is 753 g/mol. The van der Waals surface area contributed by atoms with E-state index in [-0.39, 0.29) is 0 Å². The van der Waals surface area contributed by atoms with E-state index >= 15 is 0 Å². The van der Waals surface area contributed by atoms with Crippen molar-refractivity contribution in [3.8, 4) is 78.7 Å². The average molecular weight is 754 g/mol. The van der Waals surface area contributed by atoms with Crippen LogP contribution in [0.1, 0.15) is 0 Å². The van der Waals surface area contributed by atoms with E-state index in [2.05, 4.69) is 188 Å². The SMILES string of the molecule is c1ccc(-c2ccc(-c3cccc4oc5cc(-c6nc(-c7cccc(-c8ccccc8)c7)nc(-c7cccc8c(-c9ccccc9)cccc78)n6)ccc5c34)cc2)cc1. The molecule has 0 bridgehead atoms. The Morgan fingerprint density at radius 2 is 0.712 bits per heavy atom. The third-order valence-corrected chi connectivity index (χ3v) is 11.2. The van der Waals surface area contributed by atoms with Crippen molar-refractivity contribution in [3.05, 3.63) is 212 Å². The largest absolute Gasteiger partial charge is 0.456 e. The fourth-order valence-corrected chi connectivity index (χ4v) is 8.28. The molecule has 0 saturated carbocycles. The van der Waals surface area contributed by atoms with Gasteiger partial charge in [-0.05, 0) is 79.5 Å². The summed E-state index contributed by atoms with van der Waals surface area (Å²) in [5, 5.41) is 4.34. The van der Waals surface area contributed by atoms with Gasteiger partial charge in [0.1, 0.15) is 11.2 Å². The van der Waals surface area contributed by atoms with Crippen LogP contribution >= 0.6 is 0 Å². The number of aromatic nitrogens is 3. The maximum Gasteiger partial charge on any atom is 0.164 e. The minimum atomic E-state index is 0.574. The maximum absolute atomic E-state index is 6.61. The van der Waals surface area contributed by atoms with Crippen LogP contribution in [0.3, 0.4) is 0 Å². The molecule has 59 heavy (non-hydrogen) atoms. The van der Waals surface area contributed by atoms with Crippen molar-refractivity contribution in [2.75, 3.05) is 0 Å². The number of hydrogen-bond donors (Lipinski definition) is 0. The van der Waals surface area contributed by atoms with Crippen LogP contribution < -0.4 is 0 Å². The van der Waals surface area contributed by atoms with Gasteiger partial charge >= 0.3 is 0 Å². The van der Waals surface area contributed by atoms with Gasteiger partial charge in [0, 0.05) is 27.5 Å². The molecule has 4 nitrogen and oxygen atoms in total. The molecule has 0 N–H and O–H groups in total. The molecule has 0 fully saturated rings. The minimum absolute atomic E-state index is 0.574. The first kappa shape index (κ1) is 34.3. The third kappa shape index (κ3) is 6.34. The van der Waals surface area contributed by atoms with E-state index in [0.717, 1.165) is 82.8 Å². The van der Waals surface area contributed by atoms with E-state index in [0.29, 0.717) is 17.5 Å². The summed E-state index contributed by atoms with van der Waals surface area (Å²) in [6, 6.07) is 74.0. The number of rotatable bonds is 7. The molecule has 0 aliphatic heterocycles. The Kier molecular flexibility index (Phi) is 8.45. The van der Waals surface area contributed by atoms with E-state index < -0.39 is 0 Å². The van der Waals surface area contributed by atoms with Gasteiger partial charge in [-0.3, -0.25) is 0 Å².